The largest absolute Gasteiger partial charge is 0.490 e. The summed E-state index contributed by atoms with van der Waals surface area (Å²) in [6.45, 7) is 4.56. The van der Waals surface area contributed by atoms with Crippen LogP contribution in [0, 0.1) is 10.1 Å². The standard InChI is InChI=1S/C14H20N2O5/c1-14(2)9-15(7-10(8-17)21-14)11-5-4-6-12(20-3)13(11)16(18)19/h4-6,10,17H,7-9H2,1-3H3. The van der Waals surface area contributed by atoms with Gasteiger partial charge in [-0.15, -0.1) is 0 Å². The van der Waals surface area contributed by atoms with E-state index in [0.717, 1.165) is 0 Å². The molecule has 1 heterocycles. The highest BCUT2D eigenvalue weighted by Gasteiger charge is 2.36. The number of hydrogen-bond acceptors (Lipinski definition) is 6. The van der Waals surface area contributed by atoms with Crippen molar-refractivity contribution in [3.05, 3.63) is 28.3 Å². The number of aliphatic hydroxyl groups is 1. The monoisotopic (exact) mass is 296 g/mol. The van der Waals surface area contributed by atoms with Gasteiger partial charge in [-0.2, -0.15) is 0 Å². The molecule has 7 nitrogen and oxygen atoms in total. The topological polar surface area (TPSA) is 85.1 Å². The number of hydrogen-bond donors (Lipinski definition) is 1. The zero-order valence-electron chi connectivity index (χ0n) is 12.4. The molecule has 1 aromatic carbocycles. The summed E-state index contributed by atoms with van der Waals surface area (Å²) in [6.07, 6.45) is -0.375. The van der Waals surface area contributed by atoms with Crippen LogP contribution in [-0.4, -0.2) is 48.5 Å². The van der Waals surface area contributed by atoms with E-state index in [1.165, 1.54) is 7.11 Å². The Bertz CT molecular complexity index is 532. The molecule has 1 atom stereocenters. The summed E-state index contributed by atoms with van der Waals surface area (Å²) in [5.74, 6) is 0.224. The number of anilines is 1. The van der Waals surface area contributed by atoms with E-state index in [1.807, 2.05) is 18.7 Å². The van der Waals surface area contributed by atoms with Crippen molar-refractivity contribution in [1.29, 1.82) is 0 Å². The lowest BCUT2D eigenvalue weighted by Crippen LogP contribution is -2.54. The van der Waals surface area contributed by atoms with E-state index in [1.54, 1.807) is 18.2 Å². The van der Waals surface area contributed by atoms with Crippen molar-refractivity contribution in [1.82, 2.24) is 0 Å². The molecule has 21 heavy (non-hydrogen) atoms. The molecule has 1 unspecified atom stereocenters. The Morgan fingerprint density at radius 2 is 2.29 bits per heavy atom. The Morgan fingerprint density at radius 3 is 2.86 bits per heavy atom. The molecular formula is C14H20N2O5. The molecule has 0 aromatic heterocycles. The second-order valence-corrected chi connectivity index (χ2v) is 5.65. The fourth-order valence-electron chi connectivity index (χ4n) is 2.69. The molecular weight excluding hydrogens is 276 g/mol. The van der Waals surface area contributed by atoms with E-state index < -0.39 is 10.5 Å². The van der Waals surface area contributed by atoms with Gasteiger partial charge in [0.25, 0.3) is 0 Å². The Balaban J connectivity index is 2.43. The van der Waals surface area contributed by atoms with Crippen LogP contribution < -0.4 is 9.64 Å². The molecule has 1 aliphatic rings. The molecule has 1 fully saturated rings. The summed E-state index contributed by atoms with van der Waals surface area (Å²) in [4.78, 5) is 12.8. The second kappa shape index (κ2) is 5.87. The summed E-state index contributed by atoms with van der Waals surface area (Å²) in [5, 5.41) is 20.7. The molecule has 0 radical (unpaired) electrons. The molecule has 0 amide bonds. The van der Waals surface area contributed by atoms with Gasteiger partial charge < -0.3 is 19.5 Å². The van der Waals surface area contributed by atoms with Gasteiger partial charge in [0.1, 0.15) is 5.69 Å². The van der Waals surface area contributed by atoms with Gasteiger partial charge in [0.15, 0.2) is 5.75 Å². The molecule has 1 aliphatic heterocycles. The summed E-state index contributed by atoms with van der Waals surface area (Å²) < 4.78 is 10.8. The third kappa shape index (κ3) is 3.25. The van der Waals surface area contributed by atoms with E-state index in [0.29, 0.717) is 18.8 Å². The lowest BCUT2D eigenvalue weighted by molar-refractivity contribution is -0.385. The fourth-order valence-corrected chi connectivity index (χ4v) is 2.69. The highest BCUT2D eigenvalue weighted by Crippen LogP contribution is 2.39. The first kappa shape index (κ1) is 15.5. The van der Waals surface area contributed by atoms with Crippen LogP contribution in [0.1, 0.15) is 13.8 Å². The lowest BCUT2D eigenvalue weighted by Gasteiger charge is -2.43. The highest BCUT2D eigenvalue weighted by atomic mass is 16.6. The SMILES string of the molecule is COc1cccc(N2CC(CO)OC(C)(C)C2)c1[N+](=O)[O-]. The molecule has 1 saturated heterocycles. The summed E-state index contributed by atoms with van der Waals surface area (Å²) in [5.41, 5.74) is -0.0775. The summed E-state index contributed by atoms with van der Waals surface area (Å²) >= 11 is 0. The van der Waals surface area contributed by atoms with Gasteiger partial charge in [-0.25, -0.2) is 0 Å². The van der Waals surface area contributed by atoms with Gasteiger partial charge in [0.05, 0.1) is 30.3 Å². The zero-order valence-corrected chi connectivity index (χ0v) is 12.4. The molecule has 0 aliphatic carbocycles. The maximum Gasteiger partial charge on any atom is 0.333 e. The number of para-hydroxylation sites is 1. The maximum atomic E-state index is 11.4. The highest BCUT2D eigenvalue weighted by molar-refractivity contribution is 5.70. The van der Waals surface area contributed by atoms with Crippen LogP contribution in [0.5, 0.6) is 5.75 Å². The van der Waals surface area contributed by atoms with Gasteiger partial charge in [-0.3, -0.25) is 10.1 Å². The van der Waals surface area contributed by atoms with Gasteiger partial charge in [-0.05, 0) is 26.0 Å². The molecule has 0 spiro atoms. The molecule has 2 rings (SSSR count). The quantitative estimate of drug-likeness (QED) is 0.670. The van der Waals surface area contributed by atoms with Crippen LogP contribution in [0.3, 0.4) is 0 Å². The number of nitro benzene ring substituents is 1. The summed E-state index contributed by atoms with van der Waals surface area (Å²) in [7, 11) is 1.41. The third-order valence-electron chi connectivity index (χ3n) is 3.41. The van der Waals surface area contributed by atoms with E-state index in [2.05, 4.69) is 0 Å². The van der Waals surface area contributed by atoms with Crippen LogP contribution in [0.25, 0.3) is 0 Å². The maximum absolute atomic E-state index is 11.4. The number of morpholine rings is 1. The Morgan fingerprint density at radius 1 is 1.57 bits per heavy atom. The Labute approximate surface area is 123 Å². The molecule has 0 saturated carbocycles. The second-order valence-electron chi connectivity index (χ2n) is 5.65. The first-order chi connectivity index (χ1) is 9.88. The summed E-state index contributed by atoms with van der Waals surface area (Å²) in [6, 6.07) is 4.98. The van der Waals surface area contributed by atoms with E-state index in [4.69, 9.17) is 9.47 Å². The van der Waals surface area contributed by atoms with Gasteiger partial charge >= 0.3 is 5.69 Å². The van der Waals surface area contributed by atoms with E-state index >= 15 is 0 Å². The first-order valence-corrected chi connectivity index (χ1v) is 6.73. The first-order valence-electron chi connectivity index (χ1n) is 6.73. The van der Waals surface area contributed by atoms with Crippen molar-refractivity contribution in [2.24, 2.45) is 0 Å². The van der Waals surface area contributed by atoms with Crippen molar-refractivity contribution < 1.29 is 19.5 Å². The van der Waals surface area contributed by atoms with Crippen LogP contribution >= 0.6 is 0 Å². The number of nitro groups is 1. The van der Waals surface area contributed by atoms with Crippen molar-refractivity contribution in [3.8, 4) is 5.75 Å². The lowest BCUT2D eigenvalue weighted by atomic mass is 10.0. The average Bonchev–Trinajstić information content (AvgIpc) is 2.44. The van der Waals surface area contributed by atoms with Crippen LogP contribution in [0.2, 0.25) is 0 Å². The van der Waals surface area contributed by atoms with Crippen molar-refractivity contribution in [2.75, 3.05) is 31.7 Å². The van der Waals surface area contributed by atoms with Crippen molar-refractivity contribution in [2.45, 2.75) is 25.6 Å². The van der Waals surface area contributed by atoms with Crippen LogP contribution in [-0.2, 0) is 4.74 Å². The van der Waals surface area contributed by atoms with Crippen molar-refractivity contribution >= 4 is 11.4 Å². The average molecular weight is 296 g/mol. The third-order valence-corrected chi connectivity index (χ3v) is 3.41. The van der Waals surface area contributed by atoms with Gasteiger partial charge in [0.2, 0.25) is 0 Å². The molecule has 116 valence electrons. The predicted octanol–water partition coefficient (Wildman–Crippen LogP) is 1.58. The Kier molecular flexibility index (Phi) is 4.34. The Hall–Kier alpha value is -1.86. The van der Waals surface area contributed by atoms with E-state index in [-0.39, 0.29) is 24.1 Å². The number of rotatable bonds is 4. The molecule has 1 aromatic rings. The number of benzene rings is 1. The minimum Gasteiger partial charge on any atom is -0.490 e. The van der Waals surface area contributed by atoms with Crippen LogP contribution in [0.15, 0.2) is 18.2 Å². The minimum absolute atomic E-state index is 0.0608. The number of nitrogens with zero attached hydrogens (tertiary/aromatic N) is 2. The minimum atomic E-state index is -0.497. The van der Waals surface area contributed by atoms with Crippen molar-refractivity contribution in [3.63, 3.8) is 0 Å². The molecule has 0 bridgehead atoms. The zero-order chi connectivity index (χ0) is 15.6. The number of aliphatic hydroxyl groups excluding tert-OH is 1. The number of ether oxygens (including phenoxy) is 2. The molecule has 1 N–H and O–H groups in total. The normalized spacial score (nSPS) is 21.1. The van der Waals surface area contributed by atoms with Gasteiger partial charge in [-0.1, -0.05) is 6.07 Å². The fraction of sp³-hybridized carbons (Fsp3) is 0.571. The van der Waals surface area contributed by atoms with E-state index in [9.17, 15) is 15.2 Å². The van der Waals surface area contributed by atoms with Gasteiger partial charge in [0, 0.05) is 13.1 Å². The smallest absolute Gasteiger partial charge is 0.333 e. The molecule has 7 heteroatoms. The predicted molar refractivity (Wildman–Crippen MR) is 77.9 cm³/mol. The number of methoxy groups -OCH3 is 1. The van der Waals surface area contributed by atoms with Crippen LogP contribution in [0.4, 0.5) is 11.4 Å².